The van der Waals surface area contributed by atoms with Gasteiger partial charge in [0.1, 0.15) is 0 Å². The molecule has 0 amide bonds. The second kappa shape index (κ2) is 7.36. The van der Waals surface area contributed by atoms with Crippen LogP contribution in [0.4, 0.5) is 0 Å². The first-order chi connectivity index (χ1) is 10.2. The summed E-state index contributed by atoms with van der Waals surface area (Å²) in [6, 6.07) is 6.59. The number of hydrogen-bond donors (Lipinski definition) is 1. The molecule has 1 unspecified atom stereocenters. The number of aromatic nitrogens is 3. The molecule has 0 aliphatic rings. The number of nitrogens with one attached hydrogen (secondary N) is 1. The van der Waals surface area contributed by atoms with Crippen LogP contribution in [0.1, 0.15) is 57.1 Å². The molecule has 2 aromatic heterocycles. The van der Waals surface area contributed by atoms with E-state index < -0.39 is 0 Å². The van der Waals surface area contributed by atoms with Gasteiger partial charge in [-0.1, -0.05) is 26.8 Å². The van der Waals surface area contributed by atoms with E-state index in [0.717, 1.165) is 37.3 Å². The first-order valence-electron chi connectivity index (χ1n) is 7.97. The van der Waals surface area contributed by atoms with Crippen LogP contribution in [-0.4, -0.2) is 21.3 Å². The van der Waals surface area contributed by atoms with Crippen LogP contribution in [0.5, 0.6) is 0 Å². The van der Waals surface area contributed by atoms with E-state index >= 15 is 0 Å². The number of pyridine rings is 1. The molecule has 0 fully saturated rings. The van der Waals surface area contributed by atoms with Gasteiger partial charge in [0.25, 0.3) is 0 Å². The topological polar surface area (TPSA) is 42.7 Å². The third kappa shape index (κ3) is 3.50. The lowest BCUT2D eigenvalue weighted by Crippen LogP contribution is -2.21. The summed E-state index contributed by atoms with van der Waals surface area (Å²) in [5.74, 6) is 0.949. The van der Waals surface area contributed by atoms with E-state index in [2.05, 4.69) is 50.1 Å². The van der Waals surface area contributed by atoms with Gasteiger partial charge in [-0.15, -0.1) is 0 Å². The normalized spacial score (nSPS) is 12.6. The van der Waals surface area contributed by atoms with Crippen molar-refractivity contribution < 1.29 is 0 Å². The zero-order chi connectivity index (χ0) is 15.2. The monoisotopic (exact) mass is 286 g/mol. The molecule has 2 rings (SSSR count). The summed E-state index contributed by atoms with van der Waals surface area (Å²) < 4.78 is 2.01. The summed E-state index contributed by atoms with van der Waals surface area (Å²) in [6.45, 7) is 9.67. The third-order valence-electron chi connectivity index (χ3n) is 3.74. The number of hydrogen-bond acceptors (Lipinski definition) is 3. The van der Waals surface area contributed by atoms with E-state index in [1.165, 1.54) is 11.3 Å². The lowest BCUT2D eigenvalue weighted by Gasteiger charge is -2.17. The van der Waals surface area contributed by atoms with Gasteiger partial charge in [-0.25, -0.2) is 9.67 Å². The van der Waals surface area contributed by atoms with Crippen LogP contribution in [0.15, 0.2) is 24.4 Å². The molecular weight excluding hydrogens is 260 g/mol. The van der Waals surface area contributed by atoms with Crippen LogP contribution >= 0.6 is 0 Å². The van der Waals surface area contributed by atoms with Crippen molar-refractivity contribution >= 4 is 0 Å². The molecule has 2 aromatic rings. The molecule has 0 saturated heterocycles. The highest BCUT2D eigenvalue weighted by molar-refractivity contribution is 5.37. The van der Waals surface area contributed by atoms with Crippen molar-refractivity contribution in [1.29, 1.82) is 0 Å². The highest BCUT2D eigenvalue weighted by atomic mass is 15.3. The van der Waals surface area contributed by atoms with Gasteiger partial charge in [-0.05, 0) is 44.9 Å². The fourth-order valence-corrected chi connectivity index (χ4v) is 2.48. The number of rotatable bonds is 7. The standard InChI is InChI=1S/C17H26N4/c1-5-10-18-13(4)16-9-8-11-19-17(16)21-15(7-3)12-14(6-2)20-21/h8-9,11-13,18H,5-7,10H2,1-4H3. The lowest BCUT2D eigenvalue weighted by molar-refractivity contribution is 0.563. The van der Waals surface area contributed by atoms with Crippen molar-refractivity contribution in [3.63, 3.8) is 0 Å². The average Bonchev–Trinajstić information content (AvgIpc) is 2.95. The Morgan fingerprint density at radius 2 is 2.05 bits per heavy atom. The molecule has 0 saturated carbocycles. The molecule has 0 aliphatic heterocycles. The largest absolute Gasteiger partial charge is 0.310 e. The van der Waals surface area contributed by atoms with Crippen molar-refractivity contribution in [2.24, 2.45) is 0 Å². The Bertz CT molecular complexity index is 574. The second-order valence-electron chi connectivity index (χ2n) is 5.34. The molecular formula is C17H26N4. The predicted octanol–water partition coefficient (Wildman–Crippen LogP) is 3.45. The molecule has 0 aliphatic carbocycles. The van der Waals surface area contributed by atoms with E-state index in [0.29, 0.717) is 0 Å². The minimum absolute atomic E-state index is 0.271. The van der Waals surface area contributed by atoms with Gasteiger partial charge in [-0.3, -0.25) is 0 Å². The van der Waals surface area contributed by atoms with Crippen LogP contribution in [0.3, 0.4) is 0 Å². The van der Waals surface area contributed by atoms with Crippen LogP contribution in [0.2, 0.25) is 0 Å². The Hall–Kier alpha value is -1.68. The van der Waals surface area contributed by atoms with Crippen molar-refractivity contribution in [2.75, 3.05) is 6.54 Å². The molecule has 114 valence electrons. The second-order valence-corrected chi connectivity index (χ2v) is 5.34. The molecule has 0 spiro atoms. The van der Waals surface area contributed by atoms with E-state index in [-0.39, 0.29) is 6.04 Å². The first-order valence-corrected chi connectivity index (χ1v) is 7.97. The smallest absolute Gasteiger partial charge is 0.158 e. The van der Waals surface area contributed by atoms with Gasteiger partial charge in [0.05, 0.1) is 5.69 Å². The highest BCUT2D eigenvalue weighted by Crippen LogP contribution is 2.21. The van der Waals surface area contributed by atoms with E-state index in [1.54, 1.807) is 0 Å². The van der Waals surface area contributed by atoms with Gasteiger partial charge in [-0.2, -0.15) is 5.10 Å². The van der Waals surface area contributed by atoms with Gasteiger partial charge in [0, 0.05) is 23.5 Å². The van der Waals surface area contributed by atoms with E-state index in [1.807, 2.05) is 16.9 Å². The Kier molecular flexibility index (Phi) is 5.51. The SMILES string of the molecule is CCCNC(C)c1cccnc1-n1nc(CC)cc1CC. The van der Waals surface area contributed by atoms with Crippen molar-refractivity contribution in [1.82, 2.24) is 20.1 Å². The fraction of sp³-hybridized carbons (Fsp3) is 0.529. The molecule has 4 heteroatoms. The molecule has 0 radical (unpaired) electrons. The van der Waals surface area contributed by atoms with Crippen molar-refractivity contribution in [3.8, 4) is 5.82 Å². The molecule has 1 N–H and O–H groups in total. The number of aryl methyl sites for hydroxylation is 2. The maximum absolute atomic E-state index is 4.72. The summed E-state index contributed by atoms with van der Waals surface area (Å²) in [5, 5.41) is 8.26. The van der Waals surface area contributed by atoms with Gasteiger partial charge in [0.2, 0.25) is 0 Å². The van der Waals surface area contributed by atoms with Crippen LogP contribution < -0.4 is 5.32 Å². The maximum Gasteiger partial charge on any atom is 0.158 e. The Balaban J connectivity index is 2.42. The highest BCUT2D eigenvalue weighted by Gasteiger charge is 2.15. The fourth-order valence-electron chi connectivity index (χ4n) is 2.48. The zero-order valence-corrected chi connectivity index (χ0v) is 13.6. The summed E-state index contributed by atoms with van der Waals surface area (Å²) in [7, 11) is 0. The van der Waals surface area contributed by atoms with Crippen molar-refractivity contribution in [2.45, 2.75) is 53.0 Å². The average molecular weight is 286 g/mol. The Morgan fingerprint density at radius 1 is 1.24 bits per heavy atom. The molecule has 0 aromatic carbocycles. The first kappa shape index (κ1) is 15.7. The minimum Gasteiger partial charge on any atom is -0.310 e. The van der Waals surface area contributed by atoms with Crippen LogP contribution in [0, 0.1) is 0 Å². The zero-order valence-electron chi connectivity index (χ0n) is 13.6. The van der Waals surface area contributed by atoms with Crippen molar-refractivity contribution in [3.05, 3.63) is 41.3 Å². The lowest BCUT2D eigenvalue weighted by atomic mass is 10.1. The molecule has 2 heterocycles. The summed E-state index contributed by atoms with van der Waals surface area (Å²) in [4.78, 5) is 4.59. The Morgan fingerprint density at radius 3 is 2.71 bits per heavy atom. The summed E-state index contributed by atoms with van der Waals surface area (Å²) in [6.07, 6.45) is 4.88. The van der Waals surface area contributed by atoms with Crippen LogP contribution in [-0.2, 0) is 12.8 Å². The van der Waals surface area contributed by atoms with Gasteiger partial charge in [0.15, 0.2) is 5.82 Å². The van der Waals surface area contributed by atoms with Gasteiger partial charge < -0.3 is 5.32 Å². The molecule has 4 nitrogen and oxygen atoms in total. The summed E-state index contributed by atoms with van der Waals surface area (Å²) in [5.41, 5.74) is 3.54. The predicted molar refractivity (Wildman–Crippen MR) is 86.8 cm³/mol. The summed E-state index contributed by atoms with van der Waals surface area (Å²) >= 11 is 0. The maximum atomic E-state index is 4.72. The van der Waals surface area contributed by atoms with Gasteiger partial charge >= 0.3 is 0 Å². The number of nitrogens with zero attached hydrogens (tertiary/aromatic N) is 3. The molecule has 1 atom stereocenters. The van der Waals surface area contributed by atoms with E-state index in [9.17, 15) is 0 Å². The van der Waals surface area contributed by atoms with Crippen LogP contribution in [0.25, 0.3) is 5.82 Å². The molecule has 0 bridgehead atoms. The third-order valence-corrected chi connectivity index (χ3v) is 3.74. The molecule has 21 heavy (non-hydrogen) atoms. The quantitative estimate of drug-likeness (QED) is 0.847. The Labute approximate surface area is 127 Å². The minimum atomic E-state index is 0.271. The van der Waals surface area contributed by atoms with E-state index in [4.69, 9.17) is 5.10 Å².